The van der Waals surface area contributed by atoms with Gasteiger partial charge in [0.25, 0.3) is 0 Å². The van der Waals surface area contributed by atoms with Crippen LogP contribution in [0.25, 0.3) is 0 Å². The molecule has 30 heavy (non-hydrogen) atoms. The van der Waals surface area contributed by atoms with Crippen LogP contribution in [0.5, 0.6) is 17.4 Å². The molecule has 3 aromatic rings. The van der Waals surface area contributed by atoms with Crippen LogP contribution >= 0.6 is 0 Å². The van der Waals surface area contributed by atoms with Gasteiger partial charge in [-0.1, -0.05) is 50.2 Å². The Balaban J connectivity index is 1.74. The lowest BCUT2D eigenvalue weighted by molar-refractivity contribution is 0.291. The van der Waals surface area contributed by atoms with Crippen LogP contribution in [0.15, 0.2) is 54.9 Å². The Kier molecular flexibility index (Phi) is 5.86. The minimum atomic E-state index is -0.166. The summed E-state index contributed by atoms with van der Waals surface area (Å²) in [5, 5.41) is 18.9. The summed E-state index contributed by atoms with van der Waals surface area (Å²) in [7, 11) is 0. The molecule has 0 spiro atoms. The lowest BCUT2D eigenvalue weighted by Crippen LogP contribution is -2.31. The number of hydrogen-bond donors (Lipinski definition) is 2. The molecule has 0 aliphatic carbocycles. The molecule has 0 amide bonds. The molecule has 6 heteroatoms. The van der Waals surface area contributed by atoms with E-state index < -0.39 is 0 Å². The Morgan fingerprint density at radius 3 is 2.63 bits per heavy atom. The molecule has 2 heterocycles. The molecule has 4 rings (SSSR count). The highest BCUT2D eigenvalue weighted by atomic mass is 16.5. The summed E-state index contributed by atoms with van der Waals surface area (Å²) in [6.45, 7) is 8.14. The van der Waals surface area contributed by atoms with Crippen molar-refractivity contribution >= 4 is 0 Å². The molecule has 6 nitrogen and oxygen atoms in total. The predicted octanol–water partition coefficient (Wildman–Crippen LogP) is 4.09. The van der Waals surface area contributed by atoms with Crippen LogP contribution in [-0.2, 0) is 6.54 Å². The van der Waals surface area contributed by atoms with Crippen molar-refractivity contribution in [2.45, 2.75) is 32.7 Å². The van der Waals surface area contributed by atoms with Crippen molar-refractivity contribution in [1.29, 1.82) is 5.41 Å². The van der Waals surface area contributed by atoms with E-state index >= 15 is 0 Å². The van der Waals surface area contributed by atoms with Crippen LogP contribution in [0, 0.1) is 5.41 Å². The normalized spacial score (nSPS) is 14.8. The maximum absolute atomic E-state index is 9.93. The second-order valence-corrected chi connectivity index (χ2v) is 7.55. The van der Waals surface area contributed by atoms with E-state index in [4.69, 9.17) is 10.1 Å². The number of ether oxygens (including phenoxy) is 1. The van der Waals surface area contributed by atoms with Crippen LogP contribution in [0.2, 0.25) is 0 Å². The minimum absolute atomic E-state index is 0.150. The van der Waals surface area contributed by atoms with Gasteiger partial charge in [0.05, 0.1) is 5.56 Å². The van der Waals surface area contributed by atoms with E-state index in [-0.39, 0.29) is 11.7 Å². The van der Waals surface area contributed by atoms with Gasteiger partial charge in [-0.3, -0.25) is 5.41 Å². The molecule has 2 aromatic carbocycles. The molecular weight excluding hydrogens is 376 g/mol. The zero-order valence-corrected chi connectivity index (χ0v) is 17.5. The summed E-state index contributed by atoms with van der Waals surface area (Å²) in [4.78, 5) is 6.93. The van der Waals surface area contributed by atoms with Gasteiger partial charge in [0.2, 0.25) is 5.88 Å². The number of fused-ring (bicyclic) bond motifs is 2. The van der Waals surface area contributed by atoms with Gasteiger partial charge >= 0.3 is 0 Å². The summed E-state index contributed by atoms with van der Waals surface area (Å²) in [6, 6.07) is 15.3. The summed E-state index contributed by atoms with van der Waals surface area (Å²) in [6.07, 6.45) is 2.65. The molecule has 0 bridgehead atoms. The van der Waals surface area contributed by atoms with Gasteiger partial charge in [-0.25, -0.2) is 4.98 Å². The van der Waals surface area contributed by atoms with E-state index in [0.717, 1.165) is 49.3 Å². The van der Waals surface area contributed by atoms with Gasteiger partial charge in [0, 0.05) is 24.1 Å². The average molecular weight is 405 g/mol. The van der Waals surface area contributed by atoms with Gasteiger partial charge in [0.15, 0.2) is 0 Å². The van der Waals surface area contributed by atoms with Crippen molar-refractivity contribution in [1.82, 2.24) is 14.5 Å². The molecule has 0 saturated heterocycles. The Morgan fingerprint density at radius 1 is 1.13 bits per heavy atom. The smallest absolute Gasteiger partial charge is 0.228 e. The maximum atomic E-state index is 9.93. The number of hydrogen-bond acceptors (Lipinski definition) is 5. The monoisotopic (exact) mass is 404 g/mol. The molecule has 0 saturated carbocycles. The second-order valence-electron chi connectivity index (χ2n) is 7.55. The fourth-order valence-corrected chi connectivity index (χ4v) is 4.12. The average Bonchev–Trinajstić information content (AvgIpc) is 2.77. The van der Waals surface area contributed by atoms with Gasteiger partial charge in [-0.05, 0) is 37.7 Å². The molecule has 0 fully saturated rings. The first-order valence-corrected chi connectivity index (χ1v) is 10.5. The van der Waals surface area contributed by atoms with Crippen molar-refractivity contribution < 1.29 is 9.84 Å². The highest BCUT2D eigenvalue weighted by molar-refractivity contribution is 5.57. The number of benzene rings is 2. The predicted molar refractivity (Wildman–Crippen MR) is 116 cm³/mol. The Labute approximate surface area is 176 Å². The zero-order chi connectivity index (χ0) is 21.1. The van der Waals surface area contributed by atoms with Gasteiger partial charge < -0.3 is 19.3 Å². The molecule has 1 unspecified atom stereocenters. The standard InChI is InChI=1S/C24H28N4O2/c1-3-27(4-2)13-8-14-28-16-26-24-22(23(28)25)21(17-9-6-5-7-10-17)19-12-11-18(29)15-20(19)30-24/h5-7,9-12,15-16,21,25,29H,3-4,8,13-14H2,1-2H3. The Morgan fingerprint density at radius 2 is 1.90 bits per heavy atom. The first-order valence-electron chi connectivity index (χ1n) is 10.5. The van der Waals surface area contributed by atoms with Crippen molar-refractivity contribution in [2.75, 3.05) is 19.6 Å². The first-order chi connectivity index (χ1) is 14.6. The van der Waals surface area contributed by atoms with Gasteiger partial charge in [-0.2, -0.15) is 0 Å². The highest BCUT2D eigenvalue weighted by Gasteiger charge is 2.32. The Hall–Kier alpha value is -3.12. The van der Waals surface area contributed by atoms with Crippen LogP contribution < -0.4 is 10.2 Å². The number of aromatic nitrogens is 2. The maximum Gasteiger partial charge on any atom is 0.228 e. The fraction of sp³-hybridized carbons (Fsp3) is 0.333. The molecule has 1 aliphatic rings. The minimum Gasteiger partial charge on any atom is -0.508 e. The SMILES string of the molecule is CCN(CC)CCCn1cnc2c(c1=N)C(c1ccccc1)c1ccc(O)cc1O2. The lowest BCUT2D eigenvalue weighted by atomic mass is 9.84. The van der Waals surface area contributed by atoms with E-state index in [0.29, 0.717) is 17.1 Å². The topological polar surface area (TPSA) is 74.4 Å². The molecule has 0 radical (unpaired) electrons. The number of aryl methyl sites for hydroxylation is 1. The van der Waals surface area contributed by atoms with Crippen molar-refractivity contribution in [3.05, 3.63) is 77.0 Å². The quantitative estimate of drug-likeness (QED) is 0.487. The number of nitrogens with zero attached hydrogens (tertiary/aromatic N) is 3. The highest BCUT2D eigenvalue weighted by Crippen LogP contribution is 2.45. The van der Waals surface area contributed by atoms with E-state index in [1.807, 2.05) is 28.8 Å². The third kappa shape index (κ3) is 3.83. The summed E-state index contributed by atoms with van der Waals surface area (Å²) in [5.74, 6) is 1.01. The number of phenols is 1. The van der Waals surface area contributed by atoms with Crippen LogP contribution in [0.1, 0.15) is 42.9 Å². The molecule has 1 aromatic heterocycles. The summed E-state index contributed by atoms with van der Waals surface area (Å²) >= 11 is 0. The Bertz CT molecular complexity index is 1070. The van der Waals surface area contributed by atoms with E-state index in [1.54, 1.807) is 18.5 Å². The van der Waals surface area contributed by atoms with Crippen molar-refractivity contribution in [2.24, 2.45) is 0 Å². The third-order valence-electron chi connectivity index (χ3n) is 5.79. The molecule has 1 aliphatic heterocycles. The molecule has 156 valence electrons. The fourth-order valence-electron chi connectivity index (χ4n) is 4.12. The third-order valence-corrected chi connectivity index (χ3v) is 5.79. The van der Waals surface area contributed by atoms with E-state index in [9.17, 15) is 5.11 Å². The van der Waals surface area contributed by atoms with E-state index in [1.165, 1.54) is 0 Å². The summed E-state index contributed by atoms with van der Waals surface area (Å²) in [5.41, 5.74) is 3.20. The van der Waals surface area contributed by atoms with Crippen LogP contribution in [0.3, 0.4) is 0 Å². The zero-order valence-electron chi connectivity index (χ0n) is 17.5. The van der Waals surface area contributed by atoms with Crippen LogP contribution in [-0.4, -0.2) is 39.2 Å². The van der Waals surface area contributed by atoms with E-state index in [2.05, 4.69) is 35.9 Å². The van der Waals surface area contributed by atoms with Crippen LogP contribution in [0.4, 0.5) is 0 Å². The van der Waals surface area contributed by atoms with Crippen molar-refractivity contribution in [3.63, 3.8) is 0 Å². The molecule has 1 atom stereocenters. The number of aromatic hydroxyl groups is 1. The van der Waals surface area contributed by atoms with Crippen molar-refractivity contribution in [3.8, 4) is 17.4 Å². The molecular formula is C24H28N4O2. The van der Waals surface area contributed by atoms with Gasteiger partial charge in [-0.15, -0.1) is 0 Å². The number of phenolic OH excluding ortho intramolecular Hbond substituents is 1. The second kappa shape index (κ2) is 8.71. The number of rotatable bonds is 7. The summed E-state index contributed by atoms with van der Waals surface area (Å²) < 4.78 is 7.92. The first kappa shape index (κ1) is 20.2. The molecule has 2 N–H and O–H groups in total. The number of nitrogens with one attached hydrogen (secondary N) is 1. The largest absolute Gasteiger partial charge is 0.508 e. The lowest BCUT2D eigenvalue weighted by Gasteiger charge is -2.28. The van der Waals surface area contributed by atoms with Gasteiger partial charge in [0.1, 0.15) is 23.3 Å².